The molecule has 0 bridgehead atoms. The van der Waals surface area contributed by atoms with E-state index in [0.717, 1.165) is 56.8 Å². The Labute approximate surface area is 242 Å². The molecule has 1 saturated heterocycles. The van der Waals surface area contributed by atoms with Gasteiger partial charge in [0.15, 0.2) is 0 Å². The minimum absolute atomic E-state index is 0.142. The van der Waals surface area contributed by atoms with Crippen molar-refractivity contribution in [3.63, 3.8) is 0 Å². The average molecular weight is 578 g/mol. The monoisotopic (exact) mass is 577 g/mol. The van der Waals surface area contributed by atoms with Crippen LogP contribution in [0.15, 0.2) is 54.6 Å². The van der Waals surface area contributed by atoms with E-state index in [1.165, 1.54) is 11.3 Å². The number of halogens is 1. The molecule has 208 valence electrons. The van der Waals surface area contributed by atoms with Gasteiger partial charge in [-0.15, -0.1) is 11.3 Å². The molecule has 2 fully saturated rings. The number of likely N-dealkylation sites (N-methyl/N-ethyl adjacent to an activating group) is 1. The minimum atomic E-state index is -0.234. The normalized spacial score (nSPS) is 16.4. The number of hydrazine groups is 1. The maximum atomic E-state index is 13.8. The van der Waals surface area contributed by atoms with Gasteiger partial charge in [-0.2, -0.15) is 5.10 Å². The molecule has 1 saturated carbocycles. The lowest BCUT2D eigenvalue weighted by Gasteiger charge is -2.41. The first kappa shape index (κ1) is 26.8. The molecule has 0 unspecified atom stereocenters. The number of benzene rings is 2. The van der Waals surface area contributed by atoms with Crippen molar-refractivity contribution in [2.24, 2.45) is 0 Å². The number of piperazine rings is 1. The number of aromatic nitrogens is 2. The molecule has 2 amide bonds. The zero-order valence-electron chi connectivity index (χ0n) is 22.6. The average Bonchev–Trinajstić information content (AvgIpc) is 3.51. The highest BCUT2D eigenvalue weighted by atomic mass is 35.5. The van der Waals surface area contributed by atoms with Gasteiger partial charge in [0.2, 0.25) is 0 Å². The van der Waals surface area contributed by atoms with Crippen molar-refractivity contribution in [3.05, 3.63) is 70.1 Å². The third-order valence-corrected chi connectivity index (χ3v) is 9.15. The molecule has 2 N–H and O–H groups in total. The summed E-state index contributed by atoms with van der Waals surface area (Å²) in [7, 11) is 4.09. The van der Waals surface area contributed by atoms with Crippen LogP contribution in [0.4, 0.5) is 17.2 Å². The Kier molecular flexibility index (Phi) is 7.50. The van der Waals surface area contributed by atoms with Gasteiger partial charge in [0, 0.05) is 55.5 Å². The van der Waals surface area contributed by atoms with E-state index >= 15 is 0 Å². The summed E-state index contributed by atoms with van der Waals surface area (Å²) >= 11 is 7.42. The van der Waals surface area contributed by atoms with Crippen LogP contribution in [0.25, 0.3) is 10.2 Å². The Morgan fingerprint density at radius 3 is 2.40 bits per heavy atom. The van der Waals surface area contributed by atoms with Gasteiger partial charge in [-0.3, -0.25) is 14.7 Å². The second kappa shape index (κ2) is 11.2. The molecule has 40 heavy (non-hydrogen) atoms. The Morgan fingerprint density at radius 1 is 1.05 bits per heavy atom. The fourth-order valence-electron chi connectivity index (χ4n) is 5.14. The van der Waals surface area contributed by atoms with Gasteiger partial charge in [-0.25, -0.2) is 10.0 Å². The molecule has 1 aliphatic carbocycles. The molecule has 3 heterocycles. The number of nitrogens with zero attached hydrogens (tertiary/aromatic N) is 5. The molecule has 0 spiro atoms. The lowest BCUT2D eigenvalue weighted by molar-refractivity contribution is 0.0815. The highest BCUT2D eigenvalue weighted by Crippen LogP contribution is 2.34. The molecule has 11 heteroatoms. The number of carbonyl (C=O) groups excluding carboxylic acids is 2. The molecule has 2 aromatic heterocycles. The predicted molar refractivity (Wildman–Crippen MR) is 162 cm³/mol. The number of thiophene rings is 1. The molecule has 6 rings (SSSR count). The summed E-state index contributed by atoms with van der Waals surface area (Å²) in [4.78, 5) is 32.8. The number of carbonyl (C=O) groups is 2. The predicted octanol–water partition coefficient (Wildman–Crippen LogP) is 5.33. The first-order chi connectivity index (χ1) is 19.4. The van der Waals surface area contributed by atoms with Gasteiger partial charge >= 0.3 is 0 Å². The zero-order chi connectivity index (χ0) is 27.8. The summed E-state index contributed by atoms with van der Waals surface area (Å²) in [6, 6.07) is 17.1. The van der Waals surface area contributed by atoms with E-state index in [-0.39, 0.29) is 11.8 Å². The topological polar surface area (TPSA) is 87.8 Å². The van der Waals surface area contributed by atoms with E-state index in [2.05, 4.69) is 32.4 Å². The van der Waals surface area contributed by atoms with Crippen molar-refractivity contribution < 1.29 is 9.59 Å². The summed E-state index contributed by atoms with van der Waals surface area (Å²) in [5.74, 6) is 0.0994. The molecule has 4 aromatic rings. The van der Waals surface area contributed by atoms with Crippen molar-refractivity contribution in [2.45, 2.75) is 25.3 Å². The van der Waals surface area contributed by atoms with Crippen LogP contribution in [-0.4, -0.2) is 78.2 Å². The summed E-state index contributed by atoms with van der Waals surface area (Å²) in [6.45, 7) is 3.99. The maximum Gasteiger partial charge on any atom is 0.283 e. The van der Waals surface area contributed by atoms with E-state index in [4.69, 9.17) is 11.6 Å². The first-order valence-corrected chi connectivity index (χ1v) is 14.7. The lowest BCUT2D eigenvalue weighted by Crippen LogP contribution is -2.52. The quantitative estimate of drug-likeness (QED) is 0.289. The molecule has 9 nitrogen and oxygen atoms in total. The number of rotatable bonds is 7. The van der Waals surface area contributed by atoms with Crippen LogP contribution in [0, 0.1) is 0 Å². The molecule has 1 aliphatic heterocycles. The van der Waals surface area contributed by atoms with Crippen LogP contribution < -0.4 is 15.2 Å². The maximum absolute atomic E-state index is 13.8. The summed E-state index contributed by atoms with van der Waals surface area (Å²) in [5, 5.41) is 15.3. The Bertz CT molecular complexity index is 1510. The summed E-state index contributed by atoms with van der Waals surface area (Å²) in [5.41, 5.74) is 2.43. The number of fused-ring (bicyclic) bond motifs is 1. The van der Waals surface area contributed by atoms with Crippen molar-refractivity contribution in [1.29, 1.82) is 0 Å². The van der Waals surface area contributed by atoms with Gasteiger partial charge in [0.1, 0.15) is 10.6 Å². The summed E-state index contributed by atoms with van der Waals surface area (Å²) < 4.78 is 0. The molecule has 0 radical (unpaired) electrons. The zero-order valence-corrected chi connectivity index (χ0v) is 24.1. The van der Waals surface area contributed by atoms with Crippen LogP contribution >= 0.6 is 22.9 Å². The van der Waals surface area contributed by atoms with Crippen molar-refractivity contribution in [1.82, 2.24) is 20.1 Å². The second-order valence-corrected chi connectivity index (χ2v) is 11.9. The fraction of sp³-hybridized carbons (Fsp3) is 0.345. The van der Waals surface area contributed by atoms with Crippen molar-refractivity contribution in [3.8, 4) is 0 Å². The third-order valence-electron chi connectivity index (χ3n) is 7.88. The van der Waals surface area contributed by atoms with E-state index in [1.807, 2.05) is 48.5 Å². The minimum Gasteiger partial charge on any atom is -0.369 e. The lowest BCUT2D eigenvalue weighted by atomic mass is 9.93. The number of nitrogens with one attached hydrogen (secondary N) is 2. The SMILES string of the molecule is CN1CCN(c2ccc(C(=O)Nc3[nH]nc4sc(C(=O)N(c5ccc(Cl)cc5)N(C)C5CCC5)cc34)cc2)CC1. The van der Waals surface area contributed by atoms with Crippen LogP contribution in [0.2, 0.25) is 5.02 Å². The Hall–Kier alpha value is -3.44. The van der Waals surface area contributed by atoms with Crippen molar-refractivity contribution in [2.75, 3.05) is 55.5 Å². The highest BCUT2D eigenvalue weighted by molar-refractivity contribution is 7.20. The number of H-pyrrole nitrogens is 1. The van der Waals surface area contributed by atoms with Crippen molar-refractivity contribution >= 4 is 62.2 Å². The molecular formula is C29H32ClN7O2S. The largest absolute Gasteiger partial charge is 0.369 e. The molecule has 2 aromatic carbocycles. The van der Waals surface area contributed by atoms with E-state index in [9.17, 15) is 9.59 Å². The van der Waals surface area contributed by atoms with Gasteiger partial charge < -0.3 is 15.1 Å². The van der Waals surface area contributed by atoms with Gasteiger partial charge in [0.25, 0.3) is 11.8 Å². The fourth-order valence-corrected chi connectivity index (χ4v) is 6.19. The smallest absolute Gasteiger partial charge is 0.283 e. The number of hydrogen-bond donors (Lipinski definition) is 2. The number of amides is 2. The third kappa shape index (κ3) is 5.32. The van der Waals surface area contributed by atoms with Gasteiger partial charge in [-0.05, 0) is 74.5 Å². The molecule has 2 aliphatic rings. The number of anilines is 3. The summed E-state index contributed by atoms with van der Waals surface area (Å²) in [6.07, 6.45) is 3.26. The molecule has 0 atom stereocenters. The molecular weight excluding hydrogens is 546 g/mol. The number of aromatic amines is 1. The van der Waals surface area contributed by atoms with Gasteiger partial charge in [0.05, 0.1) is 16.0 Å². The van der Waals surface area contributed by atoms with Crippen LogP contribution in [0.3, 0.4) is 0 Å². The number of hydrogen-bond acceptors (Lipinski definition) is 7. The second-order valence-electron chi connectivity index (χ2n) is 10.5. The van der Waals surface area contributed by atoms with Crippen LogP contribution in [0.5, 0.6) is 0 Å². The van der Waals surface area contributed by atoms with Crippen LogP contribution in [-0.2, 0) is 0 Å². The van der Waals surface area contributed by atoms with E-state index < -0.39 is 0 Å². The van der Waals surface area contributed by atoms with E-state index in [1.54, 1.807) is 23.2 Å². The van der Waals surface area contributed by atoms with E-state index in [0.29, 0.717) is 37.5 Å². The Balaban J connectivity index is 1.20. The highest BCUT2D eigenvalue weighted by Gasteiger charge is 2.32. The first-order valence-electron chi connectivity index (χ1n) is 13.5. The standard InChI is InChI=1S/C29H32ClN7O2S/c1-34-14-16-36(17-15-34)22-10-6-19(7-11-22)27(38)31-26-24-18-25(40-28(24)33-32-26)29(39)37(35(2)21-4-3-5-21)23-12-8-20(30)9-13-23/h6-13,18,21H,3-5,14-17H2,1-2H3,(H2,31,32,33,38). The van der Waals surface area contributed by atoms with Crippen LogP contribution in [0.1, 0.15) is 39.3 Å². The van der Waals surface area contributed by atoms with Gasteiger partial charge in [-0.1, -0.05) is 18.0 Å². The Morgan fingerprint density at radius 2 is 1.75 bits per heavy atom.